The third-order valence-corrected chi connectivity index (χ3v) is 5.88. The molecule has 1 saturated heterocycles. The van der Waals surface area contributed by atoms with Gasteiger partial charge in [-0.05, 0) is 70.8 Å². The van der Waals surface area contributed by atoms with E-state index in [-0.39, 0.29) is 11.2 Å². The van der Waals surface area contributed by atoms with Crippen LogP contribution in [0.25, 0.3) is 10.8 Å². The van der Waals surface area contributed by atoms with Gasteiger partial charge in [-0.25, -0.2) is 0 Å². The summed E-state index contributed by atoms with van der Waals surface area (Å²) in [7, 11) is 0. The van der Waals surface area contributed by atoms with Crippen molar-refractivity contribution in [2.24, 2.45) is 5.92 Å². The highest BCUT2D eigenvalue weighted by Gasteiger charge is 2.14. The average Bonchev–Trinajstić information content (AvgIpc) is 2.61. The van der Waals surface area contributed by atoms with Crippen LogP contribution in [0.1, 0.15) is 33.6 Å². The lowest BCUT2D eigenvalue weighted by Crippen LogP contribution is -2.30. The van der Waals surface area contributed by atoms with Crippen LogP contribution in [0.5, 0.6) is 0 Å². The molecule has 2 N–H and O–H groups in total. The van der Waals surface area contributed by atoms with E-state index in [0.29, 0.717) is 6.47 Å². The maximum absolute atomic E-state index is 11.9. The fourth-order valence-electron chi connectivity index (χ4n) is 2.74. The molecule has 27 heavy (non-hydrogen) atoms. The number of hydrogen-bond donors (Lipinski definition) is 2. The number of aromatic amines is 1. The Labute approximate surface area is 172 Å². The molecule has 148 valence electrons. The summed E-state index contributed by atoms with van der Waals surface area (Å²) < 4.78 is 5.56. The Morgan fingerprint density at radius 3 is 2.70 bits per heavy atom. The Bertz CT molecular complexity index is 811. The van der Waals surface area contributed by atoms with Crippen LogP contribution in [0.15, 0.2) is 38.6 Å². The van der Waals surface area contributed by atoms with Crippen molar-refractivity contribution in [2.45, 2.75) is 44.1 Å². The number of halogens is 1. The molecule has 1 aromatic heterocycles. The van der Waals surface area contributed by atoms with Crippen molar-refractivity contribution in [3.05, 3.63) is 39.2 Å². The first kappa shape index (κ1) is 22.0. The van der Waals surface area contributed by atoms with Crippen LogP contribution in [0.4, 0.5) is 0 Å². The number of carbonyl (C=O) groups is 1. The molecule has 1 atom stereocenters. The van der Waals surface area contributed by atoms with Crippen molar-refractivity contribution in [3.8, 4) is 0 Å². The van der Waals surface area contributed by atoms with Gasteiger partial charge in [0, 0.05) is 32.1 Å². The van der Waals surface area contributed by atoms with Gasteiger partial charge in [-0.1, -0.05) is 15.9 Å². The van der Waals surface area contributed by atoms with Gasteiger partial charge in [0.1, 0.15) is 5.60 Å². The largest absolute Gasteiger partial charge is 0.462 e. The lowest BCUT2D eigenvalue weighted by Gasteiger charge is -2.22. The van der Waals surface area contributed by atoms with E-state index in [0.717, 1.165) is 44.9 Å². The summed E-state index contributed by atoms with van der Waals surface area (Å²) in [4.78, 5) is 25.5. The van der Waals surface area contributed by atoms with Crippen LogP contribution in [0, 0.1) is 5.92 Å². The van der Waals surface area contributed by atoms with Gasteiger partial charge < -0.3 is 15.0 Å². The number of carbonyl (C=O) groups excluding carboxylic acids is 1. The smallest absolute Gasteiger partial charge is 0.293 e. The van der Waals surface area contributed by atoms with E-state index in [4.69, 9.17) is 0 Å². The number of piperidine rings is 1. The van der Waals surface area contributed by atoms with Gasteiger partial charge in [-0.15, -0.1) is 11.8 Å². The molecule has 0 bridgehead atoms. The first-order valence-electron chi connectivity index (χ1n) is 9.06. The van der Waals surface area contributed by atoms with Crippen molar-refractivity contribution in [1.29, 1.82) is 0 Å². The van der Waals surface area contributed by atoms with Crippen molar-refractivity contribution >= 4 is 44.9 Å². The molecule has 2 aromatic rings. The second-order valence-electron chi connectivity index (χ2n) is 7.52. The van der Waals surface area contributed by atoms with Crippen LogP contribution in [-0.4, -0.2) is 35.9 Å². The minimum Gasteiger partial charge on any atom is -0.462 e. The molecule has 1 aromatic carbocycles. The minimum atomic E-state index is -0.318. The number of hydrogen-bond acceptors (Lipinski definition) is 5. The Morgan fingerprint density at radius 2 is 2.11 bits per heavy atom. The number of H-pyrrole nitrogens is 1. The van der Waals surface area contributed by atoms with Crippen LogP contribution in [0.3, 0.4) is 0 Å². The summed E-state index contributed by atoms with van der Waals surface area (Å²) in [5.41, 5.74) is -0.335. The monoisotopic (exact) mass is 454 g/mol. The van der Waals surface area contributed by atoms with Gasteiger partial charge >= 0.3 is 0 Å². The SMILES string of the molecule is CC(C)(C)OC=O.O=c1[nH]cc(SC[C@H]2CCCNC2)c2cc(Br)ccc12. The summed E-state index contributed by atoms with van der Waals surface area (Å²) >= 11 is 5.33. The fourth-order valence-corrected chi connectivity index (χ4v) is 4.27. The maximum Gasteiger partial charge on any atom is 0.293 e. The van der Waals surface area contributed by atoms with E-state index < -0.39 is 0 Å². The molecule has 0 amide bonds. The van der Waals surface area contributed by atoms with E-state index in [2.05, 4.69) is 31.0 Å². The van der Waals surface area contributed by atoms with Crippen molar-refractivity contribution < 1.29 is 9.53 Å². The van der Waals surface area contributed by atoms with Crippen molar-refractivity contribution in [1.82, 2.24) is 10.3 Å². The maximum atomic E-state index is 11.9. The molecule has 0 radical (unpaired) electrons. The summed E-state index contributed by atoms with van der Waals surface area (Å²) in [5.74, 6) is 1.82. The summed E-state index contributed by atoms with van der Waals surface area (Å²) in [6.07, 6.45) is 4.41. The Kier molecular flexibility index (Phi) is 8.38. The highest BCUT2D eigenvalue weighted by molar-refractivity contribution is 9.10. The molecule has 3 rings (SSSR count). The number of fused-ring (bicyclic) bond motifs is 1. The van der Waals surface area contributed by atoms with Crippen LogP contribution >= 0.6 is 27.7 Å². The predicted octanol–water partition coefficient (Wildman–Crippen LogP) is 4.34. The van der Waals surface area contributed by atoms with Crippen LogP contribution < -0.4 is 10.9 Å². The van der Waals surface area contributed by atoms with E-state index >= 15 is 0 Å². The minimum absolute atomic E-state index is 0.0174. The lowest BCUT2D eigenvalue weighted by atomic mass is 10.0. The molecule has 1 aliphatic rings. The van der Waals surface area contributed by atoms with E-state index in [1.807, 2.05) is 56.9 Å². The molecule has 0 aliphatic carbocycles. The quantitative estimate of drug-likeness (QED) is 0.530. The highest BCUT2D eigenvalue weighted by atomic mass is 79.9. The van der Waals surface area contributed by atoms with Gasteiger partial charge in [0.15, 0.2) is 0 Å². The molecule has 0 saturated carbocycles. The van der Waals surface area contributed by atoms with Crippen molar-refractivity contribution in [3.63, 3.8) is 0 Å². The normalized spacial score (nSPS) is 17.1. The summed E-state index contributed by atoms with van der Waals surface area (Å²) in [5, 5.41) is 5.25. The van der Waals surface area contributed by atoms with Crippen LogP contribution in [0.2, 0.25) is 0 Å². The molecule has 7 heteroatoms. The third-order valence-electron chi connectivity index (χ3n) is 4.10. The first-order chi connectivity index (χ1) is 12.8. The molecule has 0 spiro atoms. The molecule has 2 heterocycles. The standard InChI is InChI=1S/C15H17BrN2OS.C5H10O2/c16-11-3-4-12-13(6-11)14(8-18-15(12)19)20-9-10-2-1-5-17-7-10;1-5(2,3)7-4-6/h3-4,6,8,10,17H,1-2,5,7,9H2,(H,18,19);4H,1-3H3/t10-;/m0./s1. The second kappa shape index (κ2) is 10.3. The lowest BCUT2D eigenvalue weighted by molar-refractivity contribution is -0.138. The van der Waals surface area contributed by atoms with Gasteiger partial charge in [-0.2, -0.15) is 0 Å². The molecule has 5 nitrogen and oxygen atoms in total. The van der Waals surface area contributed by atoms with Gasteiger partial charge in [0.2, 0.25) is 0 Å². The number of nitrogens with one attached hydrogen (secondary N) is 2. The number of ether oxygens (including phenoxy) is 1. The number of aromatic nitrogens is 1. The highest BCUT2D eigenvalue weighted by Crippen LogP contribution is 2.30. The number of pyridine rings is 1. The number of thioether (sulfide) groups is 1. The summed E-state index contributed by atoms with van der Waals surface area (Å²) in [6.45, 7) is 8.18. The van der Waals surface area contributed by atoms with Gasteiger partial charge in [0.05, 0.1) is 0 Å². The average molecular weight is 455 g/mol. The molecular formula is C20H27BrN2O3S. The van der Waals surface area contributed by atoms with Gasteiger partial charge in [0.25, 0.3) is 12.0 Å². The second-order valence-corrected chi connectivity index (χ2v) is 9.50. The van der Waals surface area contributed by atoms with E-state index in [1.54, 1.807) is 0 Å². The van der Waals surface area contributed by atoms with Crippen molar-refractivity contribution in [2.75, 3.05) is 18.8 Å². The molecule has 0 unspecified atom stereocenters. The molecule has 1 aliphatic heterocycles. The molecule has 1 fully saturated rings. The zero-order valence-corrected chi connectivity index (χ0v) is 18.4. The van der Waals surface area contributed by atoms with E-state index in [1.165, 1.54) is 12.8 Å². The zero-order valence-electron chi connectivity index (χ0n) is 16.0. The van der Waals surface area contributed by atoms with E-state index in [9.17, 15) is 9.59 Å². The van der Waals surface area contributed by atoms with Crippen LogP contribution in [-0.2, 0) is 9.53 Å². The number of rotatable bonds is 4. The molecular weight excluding hydrogens is 428 g/mol. The zero-order chi connectivity index (χ0) is 19.9. The first-order valence-corrected chi connectivity index (χ1v) is 10.8. The topological polar surface area (TPSA) is 71.2 Å². The summed E-state index contributed by atoms with van der Waals surface area (Å²) in [6, 6.07) is 5.83. The number of benzene rings is 1. The predicted molar refractivity (Wildman–Crippen MR) is 115 cm³/mol. The Morgan fingerprint density at radius 1 is 1.33 bits per heavy atom. The Hall–Kier alpha value is -1.31. The Balaban J connectivity index is 0.000000321. The third kappa shape index (κ3) is 7.31. The fraction of sp³-hybridized carbons (Fsp3) is 0.500. The van der Waals surface area contributed by atoms with Gasteiger partial charge in [-0.3, -0.25) is 9.59 Å².